The van der Waals surface area contributed by atoms with Gasteiger partial charge in [-0.3, -0.25) is 9.59 Å². The van der Waals surface area contributed by atoms with E-state index in [1.165, 1.54) is 0 Å². The number of amides is 2. The Kier molecular flexibility index (Phi) is 8.30. The Balaban J connectivity index is 2.35. The number of carbonyl (C=O) groups is 2. The van der Waals surface area contributed by atoms with Gasteiger partial charge in [-0.2, -0.15) is 0 Å². The predicted molar refractivity (Wildman–Crippen MR) is 121 cm³/mol. The van der Waals surface area contributed by atoms with Gasteiger partial charge >= 0.3 is 0 Å². The summed E-state index contributed by atoms with van der Waals surface area (Å²) in [6.07, 6.45) is 0.628. The second kappa shape index (κ2) is 10.5. The van der Waals surface area contributed by atoms with Crippen molar-refractivity contribution in [2.75, 3.05) is 7.11 Å². The number of nitrogens with one attached hydrogen (secondary N) is 1. The number of methoxy groups -OCH3 is 1. The van der Waals surface area contributed by atoms with E-state index >= 15 is 0 Å². The van der Waals surface area contributed by atoms with Gasteiger partial charge < -0.3 is 15.0 Å². The molecule has 0 aliphatic carbocycles. The molecule has 0 aliphatic rings. The van der Waals surface area contributed by atoms with E-state index in [2.05, 4.69) is 5.32 Å². The maximum Gasteiger partial charge on any atom is 0.243 e. The molecule has 1 atom stereocenters. The summed E-state index contributed by atoms with van der Waals surface area (Å²) in [6.45, 7) is 7.99. The van der Waals surface area contributed by atoms with Crippen LogP contribution in [-0.4, -0.2) is 35.4 Å². The van der Waals surface area contributed by atoms with Crippen LogP contribution in [0.15, 0.2) is 48.5 Å². The molecule has 162 valence electrons. The Bertz CT molecular complexity index is 877. The number of nitrogens with zero attached hydrogens (tertiary/aromatic N) is 1. The molecule has 0 aromatic heterocycles. The molecule has 2 amide bonds. The monoisotopic (exact) mass is 430 g/mol. The summed E-state index contributed by atoms with van der Waals surface area (Å²) in [5.41, 5.74) is 1.24. The van der Waals surface area contributed by atoms with E-state index in [-0.39, 0.29) is 18.2 Å². The first kappa shape index (κ1) is 23.7. The number of carbonyl (C=O) groups excluding carboxylic acids is 2. The number of ether oxygens (including phenoxy) is 1. The van der Waals surface area contributed by atoms with Gasteiger partial charge in [-0.1, -0.05) is 48.9 Å². The summed E-state index contributed by atoms with van der Waals surface area (Å²) < 4.78 is 5.31. The van der Waals surface area contributed by atoms with Gasteiger partial charge in [-0.25, -0.2) is 0 Å². The SMILES string of the molecule is CC[C@@H](C(=O)NC(C)(C)C)N(Cc1cccc(OC)c1)C(=O)Cc1ccccc1Cl. The molecule has 0 aliphatic heterocycles. The van der Waals surface area contributed by atoms with Crippen LogP contribution in [0.25, 0.3) is 0 Å². The highest BCUT2D eigenvalue weighted by atomic mass is 35.5. The van der Waals surface area contributed by atoms with Gasteiger partial charge in [0.15, 0.2) is 0 Å². The first-order valence-electron chi connectivity index (χ1n) is 10.1. The fraction of sp³-hybridized carbons (Fsp3) is 0.417. The highest BCUT2D eigenvalue weighted by molar-refractivity contribution is 6.31. The third kappa shape index (κ3) is 6.77. The van der Waals surface area contributed by atoms with Gasteiger partial charge in [0.05, 0.1) is 13.5 Å². The van der Waals surface area contributed by atoms with Crippen LogP contribution >= 0.6 is 11.6 Å². The molecule has 0 bridgehead atoms. The first-order valence-corrected chi connectivity index (χ1v) is 10.5. The van der Waals surface area contributed by atoms with Crippen LogP contribution in [0, 0.1) is 0 Å². The minimum absolute atomic E-state index is 0.128. The number of benzene rings is 2. The van der Waals surface area contributed by atoms with Crippen molar-refractivity contribution in [3.63, 3.8) is 0 Å². The van der Waals surface area contributed by atoms with Gasteiger partial charge in [0.1, 0.15) is 11.8 Å². The average molecular weight is 431 g/mol. The van der Waals surface area contributed by atoms with Gasteiger partial charge in [0, 0.05) is 17.1 Å². The van der Waals surface area contributed by atoms with Gasteiger partial charge in [-0.15, -0.1) is 0 Å². The Morgan fingerprint density at radius 3 is 2.43 bits per heavy atom. The zero-order valence-corrected chi connectivity index (χ0v) is 19.1. The topological polar surface area (TPSA) is 58.6 Å². The Morgan fingerprint density at radius 2 is 1.83 bits per heavy atom. The average Bonchev–Trinajstić information content (AvgIpc) is 2.68. The summed E-state index contributed by atoms with van der Waals surface area (Å²) in [6, 6.07) is 14.2. The largest absolute Gasteiger partial charge is 0.497 e. The summed E-state index contributed by atoms with van der Waals surface area (Å²) in [5, 5.41) is 3.55. The maximum atomic E-state index is 13.4. The van der Waals surface area contributed by atoms with E-state index in [0.29, 0.717) is 23.7 Å². The van der Waals surface area contributed by atoms with Crippen molar-refractivity contribution < 1.29 is 14.3 Å². The van der Waals surface area contributed by atoms with E-state index in [4.69, 9.17) is 16.3 Å². The lowest BCUT2D eigenvalue weighted by Crippen LogP contribution is -2.53. The van der Waals surface area contributed by atoms with E-state index in [9.17, 15) is 9.59 Å². The summed E-state index contributed by atoms with van der Waals surface area (Å²) >= 11 is 6.27. The summed E-state index contributed by atoms with van der Waals surface area (Å²) in [4.78, 5) is 28.0. The van der Waals surface area contributed by atoms with Crippen molar-refractivity contribution in [3.05, 3.63) is 64.7 Å². The maximum absolute atomic E-state index is 13.4. The third-order valence-corrected chi connectivity index (χ3v) is 5.04. The highest BCUT2D eigenvalue weighted by Gasteiger charge is 2.30. The zero-order valence-electron chi connectivity index (χ0n) is 18.4. The molecule has 0 unspecified atom stereocenters. The van der Waals surface area contributed by atoms with Crippen LogP contribution < -0.4 is 10.1 Å². The molecule has 2 aromatic carbocycles. The number of hydrogen-bond acceptors (Lipinski definition) is 3. The molecule has 6 heteroatoms. The Morgan fingerprint density at radius 1 is 1.13 bits per heavy atom. The molecule has 30 heavy (non-hydrogen) atoms. The molecule has 0 saturated carbocycles. The molecule has 0 spiro atoms. The molecule has 0 fully saturated rings. The Labute approximate surface area is 184 Å². The molecule has 0 heterocycles. The second-order valence-corrected chi connectivity index (χ2v) is 8.71. The second-order valence-electron chi connectivity index (χ2n) is 8.30. The highest BCUT2D eigenvalue weighted by Crippen LogP contribution is 2.21. The number of hydrogen-bond donors (Lipinski definition) is 1. The molecule has 0 saturated heterocycles. The van der Waals surface area contributed by atoms with Crippen LogP contribution in [0.2, 0.25) is 5.02 Å². The molecular weight excluding hydrogens is 400 g/mol. The van der Waals surface area contributed by atoms with Crippen LogP contribution in [-0.2, 0) is 22.6 Å². The smallest absolute Gasteiger partial charge is 0.243 e. The minimum atomic E-state index is -0.592. The lowest BCUT2D eigenvalue weighted by atomic mass is 10.0. The zero-order chi connectivity index (χ0) is 22.3. The fourth-order valence-corrected chi connectivity index (χ4v) is 3.45. The predicted octanol–water partition coefficient (Wildman–Crippen LogP) is 4.61. The quantitative estimate of drug-likeness (QED) is 0.665. The molecule has 1 N–H and O–H groups in total. The lowest BCUT2D eigenvalue weighted by molar-refractivity contribution is -0.141. The van der Waals surface area contributed by atoms with Crippen molar-refractivity contribution >= 4 is 23.4 Å². The standard InChI is InChI=1S/C24H31ClN2O3/c1-6-21(23(29)26-24(2,3)4)27(16-17-10-9-12-19(14-17)30-5)22(28)15-18-11-7-8-13-20(18)25/h7-14,21H,6,15-16H2,1-5H3,(H,26,29)/t21-/m0/s1. The Hall–Kier alpha value is -2.53. The van der Waals surface area contributed by atoms with Crippen LogP contribution in [0.5, 0.6) is 5.75 Å². The molecular formula is C24H31ClN2O3. The van der Waals surface area contributed by atoms with Crippen molar-refractivity contribution in [1.82, 2.24) is 10.2 Å². The molecule has 5 nitrogen and oxygen atoms in total. The number of rotatable bonds is 8. The van der Waals surface area contributed by atoms with Crippen molar-refractivity contribution in [2.24, 2.45) is 0 Å². The summed E-state index contributed by atoms with van der Waals surface area (Å²) in [5.74, 6) is 0.389. The van der Waals surface area contributed by atoms with E-state index < -0.39 is 11.6 Å². The van der Waals surface area contributed by atoms with Gasteiger partial charge in [-0.05, 0) is 56.5 Å². The van der Waals surface area contributed by atoms with Gasteiger partial charge in [0.2, 0.25) is 11.8 Å². The van der Waals surface area contributed by atoms with Crippen LogP contribution in [0.3, 0.4) is 0 Å². The number of halogens is 1. The first-order chi connectivity index (χ1) is 14.1. The fourth-order valence-electron chi connectivity index (χ4n) is 3.25. The van der Waals surface area contributed by atoms with Gasteiger partial charge in [0.25, 0.3) is 0 Å². The molecule has 2 aromatic rings. The minimum Gasteiger partial charge on any atom is -0.497 e. The van der Waals surface area contributed by atoms with Crippen LogP contribution in [0.4, 0.5) is 0 Å². The summed E-state index contributed by atoms with van der Waals surface area (Å²) in [7, 11) is 1.60. The molecule has 2 rings (SSSR count). The lowest BCUT2D eigenvalue weighted by Gasteiger charge is -2.33. The van der Waals surface area contributed by atoms with Crippen molar-refractivity contribution in [1.29, 1.82) is 0 Å². The normalized spacial score (nSPS) is 12.2. The van der Waals surface area contributed by atoms with Crippen LogP contribution in [0.1, 0.15) is 45.2 Å². The van der Waals surface area contributed by atoms with Crippen molar-refractivity contribution in [3.8, 4) is 5.75 Å². The van der Waals surface area contributed by atoms with E-state index in [0.717, 1.165) is 11.1 Å². The van der Waals surface area contributed by atoms with E-state index in [1.54, 1.807) is 18.1 Å². The molecule has 0 radical (unpaired) electrons. The third-order valence-electron chi connectivity index (χ3n) is 4.67. The van der Waals surface area contributed by atoms with E-state index in [1.807, 2.05) is 70.2 Å². The van der Waals surface area contributed by atoms with Crippen molar-refractivity contribution in [2.45, 2.75) is 58.7 Å².